The third-order valence-corrected chi connectivity index (χ3v) is 6.38. The van der Waals surface area contributed by atoms with Gasteiger partial charge in [0.2, 0.25) is 5.91 Å². The van der Waals surface area contributed by atoms with Gasteiger partial charge >= 0.3 is 0 Å². The van der Waals surface area contributed by atoms with E-state index >= 15 is 0 Å². The van der Waals surface area contributed by atoms with Crippen molar-refractivity contribution in [1.29, 1.82) is 0 Å². The Hall–Kier alpha value is -0.330. The van der Waals surface area contributed by atoms with Crippen molar-refractivity contribution in [2.24, 2.45) is 0 Å². The van der Waals surface area contributed by atoms with Gasteiger partial charge in [0, 0.05) is 38.3 Å². The summed E-state index contributed by atoms with van der Waals surface area (Å²) < 4.78 is 1.07. The van der Waals surface area contributed by atoms with E-state index in [2.05, 4.69) is 33.4 Å². The average Bonchev–Trinajstić information content (AvgIpc) is 2.58. The Balaban J connectivity index is 1.55. The quantitative estimate of drug-likeness (QED) is 0.445. The maximum Gasteiger partial charge on any atom is 0.230 e. The highest BCUT2D eigenvalue weighted by Crippen LogP contribution is 2.24. The van der Waals surface area contributed by atoms with Crippen LogP contribution < -0.4 is 5.32 Å². The van der Waals surface area contributed by atoms with Crippen LogP contribution in [0.3, 0.4) is 0 Å². The Bertz CT molecular complexity index is 698. The van der Waals surface area contributed by atoms with E-state index in [4.69, 9.17) is 23.2 Å². The molecule has 1 N–H and O–H groups in total. The molecule has 0 bridgehead atoms. The predicted molar refractivity (Wildman–Crippen MR) is 116 cm³/mol. The Kier molecular flexibility index (Phi) is 9.56. The van der Waals surface area contributed by atoms with Gasteiger partial charge in [-0.05, 0) is 35.4 Å². The van der Waals surface area contributed by atoms with Crippen LogP contribution in [0.2, 0.25) is 10.0 Å². The van der Waals surface area contributed by atoms with Crippen LogP contribution in [0, 0.1) is 0 Å². The molecule has 0 unspecified atom stereocenters. The zero-order valence-corrected chi connectivity index (χ0v) is 18.2. The molecule has 0 aromatic heterocycles. The summed E-state index contributed by atoms with van der Waals surface area (Å²) in [5, 5.41) is 4.28. The number of benzene rings is 2. The number of carbonyl (C=O) groups is 1. The van der Waals surface area contributed by atoms with Crippen molar-refractivity contribution >= 4 is 68.6 Å². The van der Waals surface area contributed by atoms with Gasteiger partial charge in [-0.2, -0.15) is 11.8 Å². The molecule has 2 rings (SSSR count). The largest absolute Gasteiger partial charge is 0.355 e. The van der Waals surface area contributed by atoms with Gasteiger partial charge in [-0.25, -0.2) is 0 Å². The average molecular weight is 479 g/mol. The fourth-order valence-corrected chi connectivity index (χ4v) is 4.48. The molecule has 0 aliphatic carbocycles. The van der Waals surface area contributed by atoms with Crippen molar-refractivity contribution < 1.29 is 4.79 Å². The van der Waals surface area contributed by atoms with E-state index in [9.17, 15) is 4.79 Å². The summed E-state index contributed by atoms with van der Waals surface area (Å²) >= 11 is 18.8. The normalized spacial score (nSPS) is 10.7. The summed E-state index contributed by atoms with van der Waals surface area (Å²) in [6.07, 6.45) is 0. The monoisotopic (exact) mass is 477 g/mol. The van der Waals surface area contributed by atoms with Crippen LogP contribution in [0.4, 0.5) is 0 Å². The highest BCUT2D eigenvalue weighted by atomic mass is 79.9. The second-order valence-corrected chi connectivity index (χ2v) is 9.11. The van der Waals surface area contributed by atoms with Crippen molar-refractivity contribution in [3.8, 4) is 0 Å². The SMILES string of the molecule is O=C(CSCc1ccc(Br)cc1)NCCSCc1ccc(Cl)cc1Cl. The number of nitrogens with one attached hydrogen (secondary N) is 1. The smallest absolute Gasteiger partial charge is 0.230 e. The molecular weight excluding hydrogens is 461 g/mol. The van der Waals surface area contributed by atoms with Crippen LogP contribution in [-0.4, -0.2) is 24.0 Å². The number of hydrogen-bond donors (Lipinski definition) is 1. The van der Waals surface area contributed by atoms with Crippen LogP contribution in [-0.2, 0) is 16.3 Å². The van der Waals surface area contributed by atoms with Crippen molar-refractivity contribution in [3.63, 3.8) is 0 Å². The van der Waals surface area contributed by atoms with E-state index in [0.29, 0.717) is 22.3 Å². The van der Waals surface area contributed by atoms with E-state index in [1.807, 2.05) is 24.3 Å². The molecule has 1 amide bonds. The summed E-state index contributed by atoms with van der Waals surface area (Å²) in [6, 6.07) is 13.7. The zero-order chi connectivity index (χ0) is 18.1. The van der Waals surface area contributed by atoms with E-state index in [-0.39, 0.29) is 5.91 Å². The van der Waals surface area contributed by atoms with E-state index in [1.165, 1.54) is 5.56 Å². The van der Waals surface area contributed by atoms with Crippen molar-refractivity contribution in [2.75, 3.05) is 18.1 Å². The van der Waals surface area contributed by atoms with Gasteiger partial charge in [-0.3, -0.25) is 4.79 Å². The molecule has 0 saturated carbocycles. The van der Waals surface area contributed by atoms with Gasteiger partial charge in [0.1, 0.15) is 0 Å². The van der Waals surface area contributed by atoms with E-state index in [1.54, 1.807) is 29.6 Å². The molecule has 0 aliphatic heterocycles. The van der Waals surface area contributed by atoms with E-state index in [0.717, 1.165) is 27.3 Å². The number of halogens is 3. The first-order valence-electron chi connectivity index (χ1n) is 7.65. The lowest BCUT2D eigenvalue weighted by Gasteiger charge is -2.07. The highest BCUT2D eigenvalue weighted by molar-refractivity contribution is 9.10. The molecule has 0 radical (unpaired) electrons. The molecule has 0 fully saturated rings. The van der Waals surface area contributed by atoms with E-state index < -0.39 is 0 Å². The molecule has 2 aromatic carbocycles. The molecule has 0 spiro atoms. The van der Waals surface area contributed by atoms with Crippen LogP contribution in [0.5, 0.6) is 0 Å². The van der Waals surface area contributed by atoms with Gasteiger partial charge in [-0.15, -0.1) is 11.8 Å². The Morgan fingerprint density at radius 1 is 1.04 bits per heavy atom. The number of amides is 1. The first-order valence-corrected chi connectivity index (χ1v) is 11.5. The first kappa shape index (κ1) is 21.0. The highest BCUT2D eigenvalue weighted by Gasteiger charge is 2.04. The van der Waals surface area contributed by atoms with Gasteiger partial charge < -0.3 is 5.32 Å². The molecule has 2 nitrogen and oxygen atoms in total. The standard InChI is InChI=1S/C18H18BrCl2NOS2/c19-15-4-1-13(2-5-15)10-25-12-18(23)22-7-8-24-11-14-3-6-16(20)9-17(14)21/h1-6,9H,7-8,10-12H2,(H,22,23). The summed E-state index contributed by atoms with van der Waals surface area (Å²) in [6.45, 7) is 0.660. The fraction of sp³-hybridized carbons (Fsp3) is 0.278. The van der Waals surface area contributed by atoms with Crippen LogP contribution >= 0.6 is 62.7 Å². The summed E-state index contributed by atoms with van der Waals surface area (Å²) in [7, 11) is 0. The summed E-state index contributed by atoms with van der Waals surface area (Å²) in [5.41, 5.74) is 2.28. The molecule has 0 aliphatic rings. The molecular formula is C18H18BrCl2NOS2. The van der Waals surface area contributed by atoms with Crippen molar-refractivity contribution in [1.82, 2.24) is 5.32 Å². The van der Waals surface area contributed by atoms with Gasteiger partial charge in [0.15, 0.2) is 0 Å². The molecule has 0 saturated heterocycles. The molecule has 134 valence electrons. The third-order valence-electron chi connectivity index (χ3n) is 3.26. The molecule has 2 aromatic rings. The third kappa shape index (κ3) is 8.27. The van der Waals surface area contributed by atoms with Gasteiger partial charge in [0.05, 0.1) is 5.75 Å². The van der Waals surface area contributed by atoms with Gasteiger partial charge in [0.25, 0.3) is 0 Å². The van der Waals surface area contributed by atoms with Crippen LogP contribution in [0.1, 0.15) is 11.1 Å². The predicted octanol–water partition coefficient (Wildman–Crippen LogP) is 6.04. The second kappa shape index (κ2) is 11.4. The first-order chi connectivity index (χ1) is 12.0. The topological polar surface area (TPSA) is 29.1 Å². The molecule has 7 heteroatoms. The number of carbonyl (C=O) groups excluding carboxylic acids is 1. The second-order valence-electron chi connectivity index (χ2n) is 5.26. The molecule has 25 heavy (non-hydrogen) atoms. The lowest BCUT2D eigenvalue weighted by Crippen LogP contribution is -2.27. The molecule has 0 atom stereocenters. The number of rotatable bonds is 9. The minimum atomic E-state index is 0.0761. The van der Waals surface area contributed by atoms with Gasteiger partial charge in [-0.1, -0.05) is 57.3 Å². The minimum Gasteiger partial charge on any atom is -0.355 e. The number of hydrogen-bond acceptors (Lipinski definition) is 3. The summed E-state index contributed by atoms with van der Waals surface area (Å²) in [5.74, 6) is 3.05. The van der Waals surface area contributed by atoms with Crippen molar-refractivity contribution in [3.05, 3.63) is 68.1 Å². The summed E-state index contributed by atoms with van der Waals surface area (Å²) in [4.78, 5) is 11.8. The lowest BCUT2D eigenvalue weighted by atomic mass is 10.2. The maximum absolute atomic E-state index is 11.8. The fourth-order valence-electron chi connectivity index (χ4n) is 1.98. The molecule has 0 heterocycles. The Morgan fingerprint density at radius 2 is 1.80 bits per heavy atom. The Morgan fingerprint density at radius 3 is 2.52 bits per heavy atom. The maximum atomic E-state index is 11.8. The zero-order valence-electron chi connectivity index (χ0n) is 13.4. The minimum absolute atomic E-state index is 0.0761. The van der Waals surface area contributed by atoms with Crippen LogP contribution in [0.15, 0.2) is 46.9 Å². The Labute approximate surface area is 175 Å². The lowest BCUT2D eigenvalue weighted by molar-refractivity contribution is -0.118. The van der Waals surface area contributed by atoms with Crippen molar-refractivity contribution in [2.45, 2.75) is 11.5 Å². The number of thioether (sulfide) groups is 2. The van der Waals surface area contributed by atoms with Crippen LogP contribution in [0.25, 0.3) is 0 Å².